The van der Waals surface area contributed by atoms with Crippen LogP contribution in [0, 0.1) is 0 Å². The van der Waals surface area contributed by atoms with E-state index in [0.29, 0.717) is 0 Å². The Hall–Kier alpha value is -0.865. The van der Waals surface area contributed by atoms with E-state index in [4.69, 9.17) is 0 Å². The summed E-state index contributed by atoms with van der Waals surface area (Å²) < 4.78 is 6.12. The molecule has 6 heteroatoms. The minimum Gasteiger partial charge on any atom is -0.441 e. The van der Waals surface area contributed by atoms with Gasteiger partial charge in [-0.15, -0.1) is 0 Å². The predicted molar refractivity (Wildman–Crippen MR) is 61.7 cm³/mol. The molecule has 0 amide bonds. The van der Waals surface area contributed by atoms with Gasteiger partial charge in [0.2, 0.25) is 0 Å². The fraction of sp³-hybridized carbons (Fsp3) is 0.250. The second-order valence-electron chi connectivity index (χ2n) is 3.42. The van der Waals surface area contributed by atoms with Crippen LogP contribution in [0.1, 0.15) is 0 Å². The van der Waals surface area contributed by atoms with E-state index in [1.54, 1.807) is 0 Å². The summed E-state index contributed by atoms with van der Waals surface area (Å²) in [5.41, 5.74) is 1.17. The first-order valence-corrected chi connectivity index (χ1v) is 4.58. The molecule has 1 aromatic rings. The summed E-state index contributed by atoms with van der Waals surface area (Å²) >= 11 is 0. The van der Waals surface area contributed by atoms with Gasteiger partial charge in [0, 0.05) is 5.69 Å². The standard InChI is InChI=1S/C8H11B3N3/c1-12-9-13(2)11-14(10-12)8-6-4-3-5-7-8/h3-7H,1-2H3. The average molecular weight is 182 g/mol. The molecule has 14 heavy (non-hydrogen) atoms. The molecule has 1 aliphatic rings. The van der Waals surface area contributed by atoms with Gasteiger partial charge in [-0.2, -0.15) is 0 Å². The highest BCUT2D eigenvalue weighted by Crippen LogP contribution is 2.13. The summed E-state index contributed by atoms with van der Waals surface area (Å²) in [7, 11) is 10.1. The first-order chi connectivity index (χ1) is 6.75. The van der Waals surface area contributed by atoms with Gasteiger partial charge in [-0.3, -0.25) is 0 Å². The zero-order valence-corrected chi connectivity index (χ0v) is 8.46. The molecule has 0 bridgehead atoms. The molecule has 1 heterocycles. The van der Waals surface area contributed by atoms with Gasteiger partial charge in [0.05, 0.1) is 0 Å². The number of benzene rings is 1. The van der Waals surface area contributed by atoms with E-state index in [-0.39, 0.29) is 0 Å². The molecule has 0 N–H and O–H groups in total. The van der Waals surface area contributed by atoms with Crippen molar-refractivity contribution < 1.29 is 0 Å². The maximum Gasteiger partial charge on any atom is 0.327 e. The van der Waals surface area contributed by atoms with Crippen molar-refractivity contribution in [2.75, 3.05) is 18.8 Å². The molecule has 3 radical (unpaired) electrons. The molecule has 0 unspecified atom stereocenters. The third kappa shape index (κ3) is 2.14. The van der Waals surface area contributed by atoms with Crippen LogP contribution in [0.5, 0.6) is 0 Å². The van der Waals surface area contributed by atoms with E-state index in [0.717, 1.165) is 0 Å². The summed E-state index contributed by atoms with van der Waals surface area (Å²) in [6.07, 6.45) is 0. The van der Waals surface area contributed by atoms with Crippen molar-refractivity contribution in [3.63, 3.8) is 0 Å². The van der Waals surface area contributed by atoms with Crippen LogP contribution in [-0.4, -0.2) is 46.2 Å². The Morgan fingerprint density at radius 1 is 0.857 bits per heavy atom. The maximum atomic E-state index is 2.08. The molecule has 1 saturated heterocycles. The van der Waals surface area contributed by atoms with Crippen molar-refractivity contribution >= 4 is 28.3 Å². The van der Waals surface area contributed by atoms with Crippen molar-refractivity contribution in [1.29, 1.82) is 0 Å². The second kappa shape index (κ2) is 4.11. The van der Waals surface area contributed by atoms with Crippen LogP contribution >= 0.6 is 0 Å². The van der Waals surface area contributed by atoms with Gasteiger partial charge in [0.15, 0.2) is 0 Å². The lowest BCUT2D eigenvalue weighted by molar-refractivity contribution is 0.701. The summed E-state index contributed by atoms with van der Waals surface area (Å²) in [5.74, 6) is 0. The fourth-order valence-electron chi connectivity index (χ4n) is 1.50. The first-order valence-electron chi connectivity index (χ1n) is 4.58. The van der Waals surface area contributed by atoms with Gasteiger partial charge >= 0.3 is 15.1 Å². The van der Waals surface area contributed by atoms with E-state index < -0.39 is 0 Å². The molecule has 0 spiro atoms. The molecular formula is C8H11B3N3. The molecule has 1 aliphatic heterocycles. The van der Waals surface area contributed by atoms with Crippen molar-refractivity contribution in [2.45, 2.75) is 0 Å². The Labute approximate surface area is 87.5 Å². The molecule has 1 fully saturated rings. The lowest BCUT2D eigenvalue weighted by Gasteiger charge is -2.37. The fourth-order valence-corrected chi connectivity index (χ4v) is 1.50. The Morgan fingerprint density at radius 2 is 1.43 bits per heavy atom. The van der Waals surface area contributed by atoms with Crippen LogP contribution < -0.4 is 4.72 Å². The van der Waals surface area contributed by atoms with Crippen LogP contribution in [0.3, 0.4) is 0 Å². The van der Waals surface area contributed by atoms with Crippen LogP contribution in [0.15, 0.2) is 30.3 Å². The number of anilines is 1. The Kier molecular flexibility index (Phi) is 2.84. The number of para-hydroxylation sites is 1. The molecule has 1 aromatic carbocycles. The van der Waals surface area contributed by atoms with Crippen LogP contribution in [0.4, 0.5) is 5.69 Å². The summed E-state index contributed by atoms with van der Waals surface area (Å²) in [6, 6.07) is 10.3. The van der Waals surface area contributed by atoms with Crippen LogP contribution in [-0.2, 0) is 0 Å². The highest BCUT2D eigenvalue weighted by atomic mass is 15.2. The molecule has 2 rings (SSSR count). The number of rotatable bonds is 1. The number of hydrogen-bond acceptors (Lipinski definition) is 3. The Bertz CT molecular complexity index is 285. The summed E-state index contributed by atoms with van der Waals surface area (Å²) in [6.45, 7) is 0. The lowest BCUT2D eigenvalue weighted by atomic mass is 9.75. The average Bonchev–Trinajstić information content (AvgIpc) is 2.18. The molecule has 0 aliphatic carbocycles. The third-order valence-corrected chi connectivity index (χ3v) is 2.03. The topological polar surface area (TPSA) is 9.72 Å². The first kappa shape index (κ1) is 9.68. The smallest absolute Gasteiger partial charge is 0.327 e. The quantitative estimate of drug-likeness (QED) is 0.564. The second-order valence-corrected chi connectivity index (χ2v) is 3.42. The Balaban J connectivity index is 2.11. The largest absolute Gasteiger partial charge is 0.441 e. The zero-order valence-electron chi connectivity index (χ0n) is 8.46. The van der Waals surface area contributed by atoms with Gasteiger partial charge in [-0.25, -0.2) is 0 Å². The lowest BCUT2D eigenvalue weighted by Crippen LogP contribution is -2.59. The van der Waals surface area contributed by atoms with Gasteiger partial charge in [-0.1, -0.05) is 18.2 Å². The van der Waals surface area contributed by atoms with Gasteiger partial charge in [0.1, 0.15) is 0 Å². The monoisotopic (exact) mass is 182 g/mol. The predicted octanol–water partition coefficient (Wildman–Crippen LogP) is -0.0272. The molecule has 0 saturated carbocycles. The van der Waals surface area contributed by atoms with E-state index in [9.17, 15) is 0 Å². The van der Waals surface area contributed by atoms with Crippen molar-refractivity contribution in [2.24, 2.45) is 0 Å². The molecule has 67 valence electrons. The number of nitrogens with zero attached hydrogens (tertiary/aromatic N) is 3. The highest BCUT2D eigenvalue weighted by Gasteiger charge is 2.23. The molecule has 3 nitrogen and oxygen atoms in total. The van der Waals surface area contributed by atoms with Crippen molar-refractivity contribution in [1.82, 2.24) is 9.44 Å². The van der Waals surface area contributed by atoms with E-state index in [1.165, 1.54) is 5.69 Å². The van der Waals surface area contributed by atoms with Crippen LogP contribution in [0.25, 0.3) is 0 Å². The molecule has 0 atom stereocenters. The normalized spacial score (nSPS) is 18.3. The minimum atomic E-state index is 1.17. The van der Waals surface area contributed by atoms with Gasteiger partial charge in [0.25, 0.3) is 7.55 Å². The Morgan fingerprint density at radius 3 is 2.00 bits per heavy atom. The third-order valence-electron chi connectivity index (χ3n) is 2.03. The summed E-state index contributed by atoms with van der Waals surface area (Å²) in [4.78, 5) is 0. The maximum absolute atomic E-state index is 2.08. The van der Waals surface area contributed by atoms with E-state index >= 15 is 0 Å². The van der Waals surface area contributed by atoms with Crippen LogP contribution in [0.2, 0.25) is 0 Å². The zero-order chi connectivity index (χ0) is 9.97. The van der Waals surface area contributed by atoms with E-state index in [2.05, 4.69) is 16.9 Å². The number of hydrogen-bond donors (Lipinski definition) is 0. The SMILES string of the molecule is CN1[B]N(C)[B]N(c2ccccc2)[B]1. The van der Waals surface area contributed by atoms with Gasteiger partial charge in [-0.05, 0) is 26.2 Å². The minimum absolute atomic E-state index is 1.17. The summed E-state index contributed by atoms with van der Waals surface area (Å²) in [5, 5.41) is 0. The van der Waals surface area contributed by atoms with E-state index in [1.807, 2.05) is 64.4 Å². The van der Waals surface area contributed by atoms with Gasteiger partial charge < -0.3 is 14.2 Å². The molecular weight excluding hydrogens is 171 g/mol. The molecule has 0 aromatic heterocycles. The van der Waals surface area contributed by atoms with Crippen molar-refractivity contribution in [3.8, 4) is 0 Å². The van der Waals surface area contributed by atoms with Crippen molar-refractivity contribution in [3.05, 3.63) is 30.3 Å². The highest BCUT2D eigenvalue weighted by molar-refractivity contribution is 6.73.